The maximum Gasteiger partial charge on any atom is 0.330 e. The van der Waals surface area contributed by atoms with Gasteiger partial charge in [0.25, 0.3) is 0 Å². The van der Waals surface area contributed by atoms with E-state index in [2.05, 4.69) is 33.8 Å². The predicted octanol–water partition coefficient (Wildman–Crippen LogP) is 4.90. The van der Waals surface area contributed by atoms with E-state index >= 15 is 0 Å². The van der Waals surface area contributed by atoms with Crippen LogP contribution in [0, 0.1) is 11.3 Å². The summed E-state index contributed by atoms with van der Waals surface area (Å²) >= 11 is 0. The topological polar surface area (TPSA) is 26.3 Å². The fourth-order valence-corrected chi connectivity index (χ4v) is 1.78. The van der Waals surface area contributed by atoms with Gasteiger partial charge in [-0.1, -0.05) is 46.3 Å². The molecular formula is C17H30O2. The third-order valence-electron chi connectivity index (χ3n) is 2.91. The van der Waals surface area contributed by atoms with Gasteiger partial charge in [0.1, 0.15) is 0 Å². The Morgan fingerprint density at radius 1 is 1.32 bits per heavy atom. The van der Waals surface area contributed by atoms with Crippen LogP contribution in [0.2, 0.25) is 0 Å². The number of hydrogen-bond acceptors (Lipinski definition) is 2. The quantitative estimate of drug-likeness (QED) is 0.372. The second kappa shape index (κ2) is 8.95. The first-order valence-corrected chi connectivity index (χ1v) is 7.28. The van der Waals surface area contributed by atoms with Gasteiger partial charge in [-0.3, -0.25) is 0 Å². The second-order valence-electron chi connectivity index (χ2n) is 6.43. The molecule has 0 aliphatic rings. The van der Waals surface area contributed by atoms with Gasteiger partial charge >= 0.3 is 5.97 Å². The van der Waals surface area contributed by atoms with Crippen LogP contribution in [0.5, 0.6) is 0 Å². The molecule has 2 heteroatoms. The molecule has 2 nitrogen and oxygen atoms in total. The Morgan fingerprint density at radius 3 is 2.47 bits per heavy atom. The van der Waals surface area contributed by atoms with Gasteiger partial charge < -0.3 is 4.74 Å². The Morgan fingerprint density at radius 2 is 1.95 bits per heavy atom. The number of rotatable bonds is 7. The summed E-state index contributed by atoms with van der Waals surface area (Å²) < 4.78 is 4.87. The van der Waals surface area contributed by atoms with Crippen molar-refractivity contribution in [3.05, 3.63) is 23.8 Å². The van der Waals surface area contributed by atoms with Crippen LogP contribution in [0.1, 0.15) is 60.8 Å². The first-order valence-electron chi connectivity index (χ1n) is 7.28. The highest BCUT2D eigenvalue weighted by Crippen LogP contribution is 2.23. The van der Waals surface area contributed by atoms with Crippen LogP contribution in [0.4, 0.5) is 0 Å². The molecule has 1 atom stereocenters. The van der Waals surface area contributed by atoms with Gasteiger partial charge in [-0.05, 0) is 43.6 Å². The summed E-state index contributed by atoms with van der Waals surface area (Å²) in [6, 6.07) is 0. The first kappa shape index (κ1) is 17.9. The fraction of sp³-hybridized carbons (Fsp3) is 0.706. The summed E-state index contributed by atoms with van der Waals surface area (Å²) in [5.41, 5.74) is 1.37. The van der Waals surface area contributed by atoms with E-state index in [-0.39, 0.29) is 5.97 Å². The van der Waals surface area contributed by atoms with Crippen molar-refractivity contribution in [1.82, 2.24) is 0 Å². The zero-order chi connectivity index (χ0) is 14.9. The van der Waals surface area contributed by atoms with Gasteiger partial charge in [0.2, 0.25) is 0 Å². The fourth-order valence-electron chi connectivity index (χ4n) is 1.78. The molecule has 0 spiro atoms. The second-order valence-corrected chi connectivity index (χ2v) is 6.43. The molecule has 0 radical (unpaired) electrons. The summed E-state index contributed by atoms with van der Waals surface area (Å²) in [4.78, 5) is 11.2. The van der Waals surface area contributed by atoms with Crippen molar-refractivity contribution in [1.29, 1.82) is 0 Å². The summed E-state index contributed by atoms with van der Waals surface area (Å²) in [6.07, 6.45) is 9.42. The number of carbonyl (C=O) groups is 1. The van der Waals surface area contributed by atoms with Crippen LogP contribution in [0.3, 0.4) is 0 Å². The van der Waals surface area contributed by atoms with Crippen molar-refractivity contribution in [3.63, 3.8) is 0 Å². The molecule has 0 bridgehead atoms. The van der Waals surface area contributed by atoms with Gasteiger partial charge in [-0.25, -0.2) is 4.79 Å². The largest absolute Gasteiger partial charge is 0.463 e. The minimum Gasteiger partial charge on any atom is -0.463 e. The van der Waals surface area contributed by atoms with Gasteiger partial charge in [-0.2, -0.15) is 0 Å². The standard InChI is InChI=1S/C17H30O2/c1-7-19-16(18)13-15(3)11-10-14(2)9-8-12-17(4,5)6/h10-11,13-14H,7-9,12H2,1-6H3. The van der Waals surface area contributed by atoms with Crippen LogP contribution in [0.25, 0.3) is 0 Å². The zero-order valence-corrected chi connectivity index (χ0v) is 13.5. The number of allylic oxidation sites excluding steroid dienone is 3. The van der Waals surface area contributed by atoms with E-state index in [0.717, 1.165) is 5.57 Å². The van der Waals surface area contributed by atoms with Crippen molar-refractivity contribution in [2.45, 2.75) is 60.8 Å². The molecule has 0 saturated heterocycles. The molecule has 19 heavy (non-hydrogen) atoms. The Labute approximate surface area is 118 Å². The highest BCUT2D eigenvalue weighted by molar-refractivity contribution is 5.83. The van der Waals surface area contributed by atoms with Crippen LogP contribution in [0.15, 0.2) is 23.8 Å². The highest BCUT2D eigenvalue weighted by atomic mass is 16.5. The maximum absolute atomic E-state index is 11.2. The number of ether oxygens (including phenoxy) is 1. The monoisotopic (exact) mass is 266 g/mol. The van der Waals surface area contributed by atoms with E-state index in [1.807, 2.05) is 19.9 Å². The smallest absolute Gasteiger partial charge is 0.330 e. The minimum atomic E-state index is -0.259. The summed E-state index contributed by atoms with van der Waals surface area (Å²) in [7, 11) is 0. The van der Waals surface area contributed by atoms with Crippen molar-refractivity contribution in [3.8, 4) is 0 Å². The van der Waals surface area contributed by atoms with E-state index in [0.29, 0.717) is 17.9 Å². The number of carbonyl (C=O) groups excluding carboxylic acids is 1. The lowest BCUT2D eigenvalue weighted by atomic mass is 9.88. The van der Waals surface area contributed by atoms with E-state index in [4.69, 9.17) is 4.74 Å². The summed E-state index contributed by atoms with van der Waals surface area (Å²) in [6.45, 7) is 13.2. The Balaban J connectivity index is 4.07. The highest BCUT2D eigenvalue weighted by Gasteiger charge is 2.09. The third kappa shape index (κ3) is 11.8. The molecule has 110 valence electrons. The van der Waals surface area contributed by atoms with Gasteiger partial charge in [0.15, 0.2) is 0 Å². The normalized spacial score (nSPS) is 14.7. The van der Waals surface area contributed by atoms with Crippen LogP contribution in [-0.2, 0) is 9.53 Å². The molecule has 0 saturated carbocycles. The van der Waals surface area contributed by atoms with Crippen molar-refractivity contribution < 1.29 is 9.53 Å². The van der Waals surface area contributed by atoms with Crippen LogP contribution >= 0.6 is 0 Å². The van der Waals surface area contributed by atoms with Crippen molar-refractivity contribution >= 4 is 5.97 Å². The Hall–Kier alpha value is -1.05. The molecule has 0 aromatic rings. The molecule has 0 rings (SSSR count). The van der Waals surface area contributed by atoms with E-state index in [9.17, 15) is 4.79 Å². The molecule has 1 unspecified atom stereocenters. The molecule has 0 aromatic carbocycles. The minimum absolute atomic E-state index is 0.259. The van der Waals surface area contributed by atoms with Crippen LogP contribution < -0.4 is 0 Å². The molecule has 0 fully saturated rings. The summed E-state index contributed by atoms with van der Waals surface area (Å²) in [5, 5.41) is 0. The molecule has 0 heterocycles. The third-order valence-corrected chi connectivity index (χ3v) is 2.91. The zero-order valence-electron chi connectivity index (χ0n) is 13.5. The lowest BCUT2D eigenvalue weighted by molar-refractivity contribution is -0.137. The first-order chi connectivity index (χ1) is 8.74. The lowest BCUT2D eigenvalue weighted by Gasteiger charge is -2.18. The Bertz CT molecular complexity index is 319. The van der Waals surface area contributed by atoms with Gasteiger partial charge in [0, 0.05) is 6.08 Å². The van der Waals surface area contributed by atoms with Gasteiger partial charge in [-0.15, -0.1) is 0 Å². The lowest BCUT2D eigenvalue weighted by Crippen LogP contribution is -2.05. The molecular weight excluding hydrogens is 236 g/mol. The predicted molar refractivity (Wildman–Crippen MR) is 82.0 cm³/mol. The molecule has 0 aliphatic heterocycles. The molecule has 0 amide bonds. The van der Waals surface area contributed by atoms with Gasteiger partial charge in [0.05, 0.1) is 6.61 Å². The maximum atomic E-state index is 11.2. The Kier molecular flexibility index (Phi) is 8.46. The average molecular weight is 266 g/mol. The van der Waals surface area contributed by atoms with Crippen molar-refractivity contribution in [2.24, 2.45) is 11.3 Å². The number of esters is 1. The molecule has 0 aliphatic carbocycles. The molecule has 0 N–H and O–H groups in total. The molecule has 0 aromatic heterocycles. The van der Waals surface area contributed by atoms with Crippen LogP contribution in [-0.4, -0.2) is 12.6 Å². The number of hydrogen-bond donors (Lipinski definition) is 0. The van der Waals surface area contributed by atoms with E-state index < -0.39 is 0 Å². The van der Waals surface area contributed by atoms with E-state index in [1.54, 1.807) is 6.08 Å². The summed E-state index contributed by atoms with van der Waals surface area (Å²) in [5.74, 6) is 0.290. The van der Waals surface area contributed by atoms with E-state index in [1.165, 1.54) is 19.3 Å². The SMILES string of the molecule is CCOC(=O)C=C(C)C=CC(C)CCCC(C)(C)C. The average Bonchev–Trinajstić information content (AvgIpc) is 2.24. The van der Waals surface area contributed by atoms with Crippen molar-refractivity contribution in [2.75, 3.05) is 6.61 Å².